The van der Waals surface area contributed by atoms with Gasteiger partial charge < -0.3 is 10.4 Å². The molecule has 0 amide bonds. The number of hydrogen-bond donors (Lipinski definition) is 2. The van der Waals surface area contributed by atoms with Crippen LogP contribution < -0.4 is 5.32 Å². The quantitative estimate of drug-likeness (QED) is 0.724. The van der Waals surface area contributed by atoms with Gasteiger partial charge in [-0.25, -0.2) is 0 Å². The fourth-order valence-electron chi connectivity index (χ4n) is 3.31. The second kappa shape index (κ2) is 8.66. The van der Waals surface area contributed by atoms with Crippen LogP contribution in [-0.2, 0) is 0 Å². The Morgan fingerprint density at radius 1 is 1.27 bits per heavy atom. The number of aliphatic hydroxyl groups excluding tert-OH is 1. The zero-order chi connectivity index (χ0) is 15.9. The van der Waals surface area contributed by atoms with Gasteiger partial charge in [0, 0.05) is 12.1 Å². The highest BCUT2D eigenvalue weighted by Gasteiger charge is 2.22. The van der Waals surface area contributed by atoms with Crippen LogP contribution in [0.15, 0.2) is 18.2 Å². The van der Waals surface area contributed by atoms with E-state index < -0.39 is 0 Å². The SMILES string of the molecule is Cc1ccc(C(C)NCCCCN2CCCC2CO)cc1C. The summed E-state index contributed by atoms with van der Waals surface area (Å²) in [6.07, 6.45) is 4.82. The van der Waals surface area contributed by atoms with Gasteiger partial charge in [-0.1, -0.05) is 18.2 Å². The van der Waals surface area contributed by atoms with Crippen LogP contribution in [-0.4, -0.2) is 42.3 Å². The molecule has 0 bridgehead atoms. The molecule has 3 nitrogen and oxygen atoms in total. The number of likely N-dealkylation sites (tertiary alicyclic amines) is 1. The van der Waals surface area contributed by atoms with Gasteiger partial charge in [0.05, 0.1) is 6.61 Å². The van der Waals surface area contributed by atoms with Crippen molar-refractivity contribution in [3.63, 3.8) is 0 Å². The Morgan fingerprint density at radius 2 is 2.09 bits per heavy atom. The minimum Gasteiger partial charge on any atom is -0.395 e. The van der Waals surface area contributed by atoms with Gasteiger partial charge in [0.15, 0.2) is 0 Å². The Kier molecular flexibility index (Phi) is 6.87. The smallest absolute Gasteiger partial charge is 0.0586 e. The largest absolute Gasteiger partial charge is 0.395 e. The summed E-state index contributed by atoms with van der Waals surface area (Å²) in [4.78, 5) is 2.45. The van der Waals surface area contributed by atoms with Gasteiger partial charge in [-0.2, -0.15) is 0 Å². The first kappa shape index (κ1) is 17.5. The lowest BCUT2D eigenvalue weighted by Gasteiger charge is -2.22. The van der Waals surface area contributed by atoms with Crippen molar-refractivity contribution in [3.8, 4) is 0 Å². The standard InChI is InChI=1S/C19H32N2O/c1-15-8-9-18(13-16(15)2)17(3)20-10-4-5-11-21-12-6-7-19(21)14-22/h8-9,13,17,19-20,22H,4-7,10-12,14H2,1-3H3. The van der Waals surface area contributed by atoms with Gasteiger partial charge in [0.1, 0.15) is 0 Å². The third-order valence-corrected chi connectivity index (χ3v) is 5.06. The summed E-state index contributed by atoms with van der Waals surface area (Å²) < 4.78 is 0. The number of unbranched alkanes of at least 4 members (excludes halogenated alkanes) is 1. The van der Waals surface area contributed by atoms with Crippen molar-refractivity contribution in [2.75, 3.05) is 26.2 Å². The van der Waals surface area contributed by atoms with Crippen LogP contribution in [0.4, 0.5) is 0 Å². The molecule has 1 fully saturated rings. The second-order valence-corrected chi connectivity index (χ2v) is 6.74. The molecule has 22 heavy (non-hydrogen) atoms. The number of aliphatic hydroxyl groups is 1. The summed E-state index contributed by atoms with van der Waals surface area (Å²) in [7, 11) is 0. The zero-order valence-electron chi connectivity index (χ0n) is 14.4. The van der Waals surface area contributed by atoms with Gasteiger partial charge in [0.25, 0.3) is 0 Å². The normalized spacial score (nSPS) is 20.5. The summed E-state index contributed by atoms with van der Waals surface area (Å²) in [6, 6.07) is 7.57. The topological polar surface area (TPSA) is 35.5 Å². The van der Waals surface area contributed by atoms with E-state index in [0.717, 1.165) is 19.6 Å². The summed E-state index contributed by atoms with van der Waals surface area (Å²) in [5.41, 5.74) is 4.11. The first-order valence-corrected chi connectivity index (χ1v) is 8.77. The predicted octanol–water partition coefficient (Wildman–Crippen LogP) is 3.19. The monoisotopic (exact) mass is 304 g/mol. The molecule has 0 radical (unpaired) electrons. The van der Waals surface area contributed by atoms with Crippen molar-refractivity contribution in [1.29, 1.82) is 0 Å². The third kappa shape index (κ3) is 4.80. The lowest BCUT2D eigenvalue weighted by molar-refractivity contribution is 0.157. The second-order valence-electron chi connectivity index (χ2n) is 6.74. The molecule has 1 aromatic rings. The molecule has 0 aromatic heterocycles. The van der Waals surface area contributed by atoms with Crippen LogP contribution in [0.1, 0.15) is 55.3 Å². The zero-order valence-corrected chi connectivity index (χ0v) is 14.4. The van der Waals surface area contributed by atoms with Crippen molar-refractivity contribution < 1.29 is 5.11 Å². The van der Waals surface area contributed by atoms with E-state index in [1.165, 1.54) is 42.4 Å². The highest BCUT2D eigenvalue weighted by Crippen LogP contribution is 2.18. The van der Waals surface area contributed by atoms with E-state index in [1.807, 2.05) is 0 Å². The van der Waals surface area contributed by atoms with E-state index in [0.29, 0.717) is 18.7 Å². The van der Waals surface area contributed by atoms with Gasteiger partial charge in [-0.05, 0) is 82.8 Å². The molecule has 1 aliphatic heterocycles. The van der Waals surface area contributed by atoms with Crippen LogP contribution in [0.25, 0.3) is 0 Å². The Bertz CT molecular complexity index is 461. The van der Waals surface area contributed by atoms with Crippen molar-refractivity contribution in [2.24, 2.45) is 0 Å². The number of rotatable bonds is 8. The van der Waals surface area contributed by atoms with E-state index in [-0.39, 0.29) is 0 Å². The summed E-state index contributed by atoms with van der Waals surface area (Å²) in [6.45, 7) is 10.3. The molecule has 0 spiro atoms. The lowest BCUT2D eigenvalue weighted by atomic mass is 10.0. The number of nitrogens with zero attached hydrogens (tertiary/aromatic N) is 1. The maximum absolute atomic E-state index is 9.33. The minimum absolute atomic E-state index is 0.321. The van der Waals surface area contributed by atoms with Crippen LogP contribution in [0.3, 0.4) is 0 Å². The predicted molar refractivity (Wildman–Crippen MR) is 93.2 cm³/mol. The highest BCUT2D eigenvalue weighted by atomic mass is 16.3. The molecule has 1 aromatic carbocycles. The van der Waals surface area contributed by atoms with Crippen LogP contribution in [0, 0.1) is 13.8 Å². The van der Waals surface area contributed by atoms with Gasteiger partial charge >= 0.3 is 0 Å². The van der Waals surface area contributed by atoms with E-state index >= 15 is 0 Å². The molecule has 1 saturated heterocycles. The van der Waals surface area contributed by atoms with Crippen molar-refractivity contribution in [3.05, 3.63) is 34.9 Å². The third-order valence-electron chi connectivity index (χ3n) is 5.06. The van der Waals surface area contributed by atoms with E-state index in [2.05, 4.69) is 49.2 Å². The molecule has 2 rings (SSSR count). The number of benzene rings is 1. The van der Waals surface area contributed by atoms with Gasteiger partial charge in [-0.15, -0.1) is 0 Å². The minimum atomic E-state index is 0.321. The molecule has 2 unspecified atom stereocenters. The maximum atomic E-state index is 9.33. The van der Waals surface area contributed by atoms with E-state index in [9.17, 15) is 5.11 Å². The van der Waals surface area contributed by atoms with E-state index in [1.54, 1.807) is 0 Å². The van der Waals surface area contributed by atoms with Crippen molar-refractivity contribution >= 4 is 0 Å². The Morgan fingerprint density at radius 3 is 2.82 bits per heavy atom. The number of hydrogen-bond acceptors (Lipinski definition) is 3. The molecule has 0 aliphatic carbocycles. The Balaban J connectivity index is 1.64. The number of nitrogens with one attached hydrogen (secondary N) is 1. The molecule has 2 N–H and O–H groups in total. The van der Waals surface area contributed by atoms with Crippen molar-refractivity contribution in [1.82, 2.24) is 10.2 Å². The molecular formula is C19H32N2O. The Labute approximate surface area is 135 Å². The lowest BCUT2D eigenvalue weighted by Crippen LogP contribution is -2.33. The first-order valence-electron chi connectivity index (χ1n) is 8.77. The molecule has 3 heteroatoms. The average molecular weight is 304 g/mol. The van der Waals surface area contributed by atoms with Crippen LogP contribution >= 0.6 is 0 Å². The Hall–Kier alpha value is -0.900. The molecule has 2 atom stereocenters. The molecule has 0 saturated carbocycles. The fourth-order valence-corrected chi connectivity index (χ4v) is 3.31. The fraction of sp³-hybridized carbons (Fsp3) is 0.684. The molecule has 1 aliphatic rings. The summed E-state index contributed by atoms with van der Waals surface area (Å²) in [5.74, 6) is 0. The number of aryl methyl sites for hydroxylation is 2. The van der Waals surface area contributed by atoms with E-state index in [4.69, 9.17) is 0 Å². The molecule has 124 valence electrons. The molecule has 1 heterocycles. The summed E-state index contributed by atoms with van der Waals surface area (Å²) >= 11 is 0. The summed E-state index contributed by atoms with van der Waals surface area (Å²) in [5, 5.41) is 13.0. The highest BCUT2D eigenvalue weighted by molar-refractivity contribution is 5.31. The van der Waals surface area contributed by atoms with Crippen molar-refractivity contribution in [2.45, 2.75) is 58.5 Å². The van der Waals surface area contributed by atoms with Gasteiger partial charge in [0.2, 0.25) is 0 Å². The van der Waals surface area contributed by atoms with Crippen LogP contribution in [0.5, 0.6) is 0 Å². The van der Waals surface area contributed by atoms with Crippen LogP contribution in [0.2, 0.25) is 0 Å². The average Bonchev–Trinajstić information content (AvgIpc) is 2.97. The molecular weight excluding hydrogens is 272 g/mol. The maximum Gasteiger partial charge on any atom is 0.0586 e. The first-order chi connectivity index (χ1) is 10.6. The van der Waals surface area contributed by atoms with Gasteiger partial charge in [-0.3, -0.25) is 4.90 Å².